The summed E-state index contributed by atoms with van der Waals surface area (Å²) in [7, 11) is 0. The number of nitrogens with zero attached hydrogens (tertiary/aromatic N) is 1. The Kier molecular flexibility index (Phi) is 2.21. The largest absolute Gasteiger partial charge is 0.337 e. The number of hydrogen-bond acceptors (Lipinski definition) is 2. The summed E-state index contributed by atoms with van der Waals surface area (Å²) in [6.07, 6.45) is 2.51. The van der Waals surface area contributed by atoms with Gasteiger partial charge in [0, 0.05) is 25.0 Å². The third-order valence-electron chi connectivity index (χ3n) is 3.66. The Morgan fingerprint density at radius 1 is 1.12 bits per heavy atom. The van der Waals surface area contributed by atoms with Crippen LogP contribution >= 0.6 is 0 Å². The molecule has 1 atom stereocenters. The van der Waals surface area contributed by atoms with Crippen molar-refractivity contribution in [3.8, 4) is 0 Å². The highest BCUT2D eigenvalue weighted by Crippen LogP contribution is 2.27. The molecule has 1 amide bonds. The molecule has 1 heterocycles. The Balaban J connectivity index is 1.79. The van der Waals surface area contributed by atoms with Crippen LogP contribution in [0, 0.1) is 0 Å². The first-order valence-corrected chi connectivity index (χ1v) is 5.86. The van der Waals surface area contributed by atoms with Gasteiger partial charge in [0.2, 0.25) is 5.91 Å². The predicted octanol–water partition coefficient (Wildman–Crippen LogP) is 0.713. The number of carbonyl (C=O) groups is 1. The minimum Gasteiger partial charge on any atom is -0.337 e. The molecule has 1 aromatic rings. The van der Waals surface area contributed by atoms with Crippen LogP contribution in [-0.2, 0) is 17.6 Å². The highest BCUT2D eigenvalue weighted by molar-refractivity contribution is 5.79. The number of hydrogen-bond donors (Lipinski definition) is 1. The van der Waals surface area contributed by atoms with Crippen molar-refractivity contribution < 1.29 is 4.79 Å². The summed E-state index contributed by atoms with van der Waals surface area (Å²) < 4.78 is 0. The summed E-state index contributed by atoms with van der Waals surface area (Å²) in [5.41, 5.74) is 8.60. The van der Waals surface area contributed by atoms with Gasteiger partial charge < -0.3 is 10.6 Å². The van der Waals surface area contributed by atoms with Gasteiger partial charge >= 0.3 is 0 Å². The van der Waals surface area contributed by atoms with Crippen molar-refractivity contribution in [3.63, 3.8) is 0 Å². The number of benzene rings is 1. The molecule has 84 valence electrons. The third kappa shape index (κ3) is 1.52. The maximum atomic E-state index is 11.8. The van der Waals surface area contributed by atoms with Crippen molar-refractivity contribution >= 4 is 5.91 Å². The van der Waals surface area contributed by atoms with E-state index in [9.17, 15) is 4.79 Å². The van der Waals surface area contributed by atoms with Crippen LogP contribution in [-0.4, -0.2) is 29.4 Å². The SMILES string of the molecule is N[C@H]1CC(=O)N(C2Cc3ccccc3C2)C1. The van der Waals surface area contributed by atoms with Crippen LogP contribution in [0.5, 0.6) is 0 Å². The zero-order valence-electron chi connectivity index (χ0n) is 9.23. The smallest absolute Gasteiger partial charge is 0.224 e. The van der Waals surface area contributed by atoms with Gasteiger partial charge in [-0.05, 0) is 24.0 Å². The van der Waals surface area contributed by atoms with E-state index in [2.05, 4.69) is 24.3 Å². The van der Waals surface area contributed by atoms with Gasteiger partial charge in [0.25, 0.3) is 0 Å². The van der Waals surface area contributed by atoms with Gasteiger partial charge in [0.15, 0.2) is 0 Å². The molecule has 0 spiro atoms. The Morgan fingerprint density at radius 3 is 2.25 bits per heavy atom. The van der Waals surface area contributed by atoms with E-state index in [0.717, 1.165) is 19.4 Å². The van der Waals surface area contributed by atoms with Crippen molar-refractivity contribution in [3.05, 3.63) is 35.4 Å². The molecule has 16 heavy (non-hydrogen) atoms. The van der Waals surface area contributed by atoms with Crippen LogP contribution in [0.1, 0.15) is 17.5 Å². The van der Waals surface area contributed by atoms with E-state index in [1.165, 1.54) is 11.1 Å². The standard InChI is InChI=1S/C13H16N2O/c14-11-7-13(16)15(8-11)12-5-9-3-1-2-4-10(9)6-12/h1-4,11-12H,5-8,14H2/t11-/m0/s1. The number of nitrogens with two attached hydrogens (primary N) is 1. The van der Waals surface area contributed by atoms with Crippen LogP contribution in [0.2, 0.25) is 0 Å². The van der Waals surface area contributed by atoms with E-state index in [1.54, 1.807) is 0 Å². The predicted molar refractivity (Wildman–Crippen MR) is 61.9 cm³/mol. The molecule has 3 nitrogen and oxygen atoms in total. The Hall–Kier alpha value is -1.35. The lowest BCUT2D eigenvalue weighted by atomic mass is 10.1. The number of amides is 1. The number of likely N-dealkylation sites (tertiary alicyclic amines) is 1. The molecule has 0 radical (unpaired) electrons. The zero-order valence-corrected chi connectivity index (χ0v) is 9.23. The molecule has 0 bridgehead atoms. The molecule has 1 fully saturated rings. The normalized spacial score (nSPS) is 25.2. The lowest BCUT2D eigenvalue weighted by Gasteiger charge is -2.23. The second-order valence-electron chi connectivity index (χ2n) is 4.84. The van der Waals surface area contributed by atoms with E-state index in [-0.39, 0.29) is 11.9 Å². The van der Waals surface area contributed by atoms with Gasteiger partial charge in [-0.1, -0.05) is 24.3 Å². The van der Waals surface area contributed by atoms with Gasteiger partial charge in [0.05, 0.1) is 0 Å². The third-order valence-corrected chi connectivity index (χ3v) is 3.66. The van der Waals surface area contributed by atoms with E-state index in [4.69, 9.17) is 5.73 Å². The highest BCUT2D eigenvalue weighted by Gasteiger charge is 2.35. The molecule has 1 saturated heterocycles. The lowest BCUT2D eigenvalue weighted by Crippen LogP contribution is -2.38. The average molecular weight is 216 g/mol. The second-order valence-corrected chi connectivity index (χ2v) is 4.84. The van der Waals surface area contributed by atoms with Crippen molar-refractivity contribution in [2.75, 3.05) is 6.54 Å². The van der Waals surface area contributed by atoms with Gasteiger partial charge in [-0.15, -0.1) is 0 Å². The topological polar surface area (TPSA) is 46.3 Å². The fourth-order valence-electron chi connectivity index (χ4n) is 2.87. The summed E-state index contributed by atoms with van der Waals surface area (Å²) in [5, 5.41) is 0. The monoisotopic (exact) mass is 216 g/mol. The van der Waals surface area contributed by atoms with Gasteiger partial charge in [0.1, 0.15) is 0 Å². The van der Waals surface area contributed by atoms with Crippen LogP contribution < -0.4 is 5.73 Å². The van der Waals surface area contributed by atoms with E-state index >= 15 is 0 Å². The maximum Gasteiger partial charge on any atom is 0.224 e. The minimum absolute atomic E-state index is 0.0382. The summed E-state index contributed by atoms with van der Waals surface area (Å²) >= 11 is 0. The minimum atomic E-state index is 0.0382. The molecule has 0 saturated carbocycles. The van der Waals surface area contributed by atoms with Crippen LogP contribution in [0.15, 0.2) is 24.3 Å². The van der Waals surface area contributed by atoms with E-state index < -0.39 is 0 Å². The molecular formula is C13H16N2O. The number of carbonyl (C=O) groups excluding carboxylic acids is 1. The summed E-state index contributed by atoms with van der Waals surface area (Å²) in [6.45, 7) is 0.734. The van der Waals surface area contributed by atoms with Gasteiger partial charge in [-0.3, -0.25) is 4.79 Å². The Bertz CT molecular complexity index is 405. The fraction of sp³-hybridized carbons (Fsp3) is 0.462. The van der Waals surface area contributed by atoms with Gasteiger partial charge in [-0.25, -0.2) is 0 Å². The summed E-state index contributed by atoms with van der Waals surface area (Å²) in [6, 6.07) is 8.85. The molecule has 3 heteroatoms. The van der Waals surface area contributed by atoms with Gasteiger partial charge in [-0.2, -0.15) is 0 Å². The highest BCUT2D eigenvalue weighted by atomic mass is 16.2. The first-order chi connectivity index (χ1) is 7.74. The molecule has 2 N–H and O–H groups in total. The van der Waals surface area contributed by atoms with Crippen LogP contribution in [0.4, 0.5) is 0 Å². The molecule has 0 unspecified atom stereocenters. The molecule has 1 aromatic carbocycles. The molecular weight excluding hydrogens is 200 g/mol. The fourth-order valence-corrected chi connectivity index (χ4v) is 2.87. The van der Waals surface area contributed by atoms with E-state index in [1.807, 2.05) is 4.90 Å². The average Bonchev–Trinajstić information content (AvgIpc) is 2.81. The first kappa shape index (κ1) is 9.85. The van der Waals surface area contributed by atoms with Crippen molar-refractivity contribution in [1.82, 2.24) is 4.90 Å². The van der Waals surface area contributed by atoms with Crippen molar-refractivity contribution in [2.45, 2.75) is 31.3 Å². The number of fused-ring (bicyclic) bond motifs is 1. The van der Waals surface area contributed by atoms with Crippen LogP contribution in [0.3, 0.4) is 0 Å². The second kappa shape index (κ2) is 3.59. The van der Waals surface area contributed by atoms with Crippen LogP contribution in [0.25, 0.3) is 0 Å². The number of rotatable bonds is 1. The molecule has 3 rings (SSSR count). The molecule has 1 aliphatic heterocycles. The Labute approximate surface area is 95.2 Å². The summed E-state index contributed by atoms with van der Waals surface area (Å²) in [5.74, 6) is 0.227. The molecule has 1 aliphatic carbocycles. The quantitative estimate of drug-likeness (QED) is 0.751. The van der Waals surface area contributed by atoms with Crippen molar-refractivity contribution in [2.24, 2.45) is 5.73 Å². The lowest BCUT2D eigenvalue weighted by molar-refractivity contribution is -0.129. The summed E-state index contributed by atoms with van der Waals surface area (Å²) in [4.78, 5) is 13.7. The zero-order chi connectivity index (χ0) is 11.1. The molecule has 0 aromatic heterocycles. The maximum absolute atomic E-state index is 11.8. The molecule has 2 aliphatic rings. The van der Waals surface area contributed by atoms with E-state index in [0.29, 0.717) is 12.5 Å². The Morgan fingerprint density at radius 2 is 1.75 bits per heavy atom. The van der Waals surface area contributed by atoms with Crippen molar-refractivity contribution in [1.29, 1.82) is 0 Å². The first-order valence-electron chi connectivity index (χ1n) is 5.86.